The van der Waals surface area contributed by atoms with Crippen LogP contribution in [0, 0.1) is 0 Å². The van der Waals surface area contributed by atoms with Crippen molar-refractivity contribution in [2.24, 2.45) is 0 Å². The second-order valence-electron chi connectivity index (χ2n) is 3.40. The Labute approximate surface area is 84.5 Å². The first kappa shape index (κ1) is 10.8. The Hall–Kier alpha value is -1.28. The minimum atomic E-state index is 0. The number of hydrogen-bond acceptors (Lipinski definition) is 2. The summed E-state index contributed by atoms with van der Waals surface area (Å²) < 4.78 is 5.28. The molecule has 0 aliphatic carbocycles. The van der Waals surface area contributed by atoms with Gasteiger partial charge in [0.2, 0.25) is 0 Å². The lowest BCUT2D eigenvalue weighted by atomic mass is 10.1. The van der Waals surface area contributed by atoms with E-state index < -0.39 is 0 Å². The smallest absolute Gasteiger partial charge is 0.133 e. The Morgan fingerprint density at radius 1 is 1.21 bits per heavy atom. The summed E-state index contributed by atoms with van der Waals surface area (Å²) in [6, 6.07) is 8.45. The lowest BCUT2D eigenvalue weighted by Gasteiger charge is -1.98. The molecule has 1 heterocycles. The first-order valence-corrected chi connectivity index (χ1v) is 4.86. The molecule has 0 unspecified atom stereocenters. The van der Waals surface area contributed by atoms with Gasteiger partial charge in [-0.15, -0.1) is 0 Å². The van der Waals surface area contributed by atoms with Crippen LogP contribution in [0.2, 0.25) is 0 Å². The number of benzene rings is 1. The van der Waals surface area contributed by atoms with Crippen molar-refractivity contribution in [1.82, 2.24) is 6.15 Å². The third kappa shape index (κ3) is 2.15. The molecular weight excluding hydrogens is 174 g/mol. The van der Waals surface area contributed by atoms with Crippen LogP contribution in [0.4, 0.5) is 0 Å². The number of aryl methyl sites for hydroxylation is 1. The summed E-state index contributed by atoms with van der Waals surface area (Å²) in [6.07, 6.45) is 5.44. The lowest BCUT2D eigenvalue weighted by Crippen LogP contribution is -1.82. The molecule has 0 aliphatic heterocycles. The highest BCUT2D eigenvalue weighted by atomic mass is 16.3. The van der Waals surface area contributed by atoms with Gasteiger partial charge in [-0.1, -0.05) is 19.4 Å². The molecule has 0 aliphatic rings. The van der Waals surface area contributed by atoms with Gasteiger partial charge in [0.1, 0.15) is 5.58 Å². The van der Waals surface area contributed by atoms with Crippen LogP contribution in [0.15, 0.2) is 34.9 Å². The van der Waals surface area contributed by atoms with Crippen molar-refractivity contribution in [3.05, 3.63) is 36.1 Å². The predicted octanol–water partition coefficient (Wildman–Crippen LogP) is 3.94. The first-order valence-electron chi connectivity index (χ1n) is 4.86. The Morgan fingerprint density at radius 2 is 2.07 bits per heavy atom. The number of hydrogen-bond donors (Lipinski definition) is 1. The Balaban J connectivity index is 0.000000980. The van der Waals surface area contributed by atoms with Crippen LogP contribution in [-0.2, 0) is 6.42 Å². The summed E-state index contributed by atoms with van der Waals surface area (Å²) in [7, 11) is 0. The third-order valence-corrected chi connectivity index (χ3v) is 2.34. The minimum Gasteiger partial charge on any atom is -0.464 e. The van der Waals surface area contributed by atoms with E-state index in [4.69, 9.17) is 4.42 Å². The van der Waals surface area contributed by atoms with Crippen LogP contribution < -0.4 is 6.15 Å². The second-order valence-corrected chi connectivity index (χ2v) is 3.40. The van der Waals surface area contributed by atoms with Crippen LogP contribution in [0.25, 0.3) is 11.0 Å². The number of fused-ring (bicyclic) bond motifs is 1. The van der Waals surface area contributed by atoms with E-state index in [9.17, 15) is 0 Å². The molecule has 0 radical (unpaired) electrons. The van der Waals surface area contributed by atoms with Gasteiger partial charge in [0.15, 0.2) is 0 Å². The molecule has 1 aromatic carbocycles. The first-order chi connectivity index (χ1) is 6.40. The van der Waals surface area contributed by atoms with Gasteiger partial charge in [-0.3, -0.25) is 0 Å². The maximum Gasteiger partial charge on any atom is 0.133 e. The standard InChI is InChI=1S/C12H14O.H3N/c1-2-3-4-10-5-6-12-11(9-10)7-8-13-12;/h5-9H,2-4H2,1H3;1H3. The van der Waals surface area contributed by atoms with Crippen LogP contribution in [0.3, 0.4) is 0 Å². The summed E-state index contributed by atoms with van der Waals surface area (Å²) >= 11 is 0. The molecule has 0 fully saturated rings. The van der Waals surface area contributed by atoms with E-state index in [0.29, 0.717) is 0 Å². The molecule has 2 heteroatoms. The summed E-state index contributed by atoms with van der Waals surface area (Å²) in [5.41, 5.74) is 2.40. The minimum absolute atomic E-state index is 0. The third-order valence-electron chi connectivity index (χ3n) is 2.34. The van der Waals surface area contributed by atoms with E-state index in [2.05, 4.69) is 25.1 Å². The molecule has 0 saturated carbocycles. The highest BCUT2D eigenvalue weighted by Gasteiger charge is 1.97. The van der Waals surface area contributed by atoms with Crippen LogP contribution in [0.1, 0.15) is 25.3 Å². The molecule has 0 spiro atoms. The molecule has 2 rings (SSSR count). The zero-order valence-corrected chi connectivity index (χ0v) is 8.62. The van der Waals surface area contributed by atoms with Crippen molar-refractivity contribution in [2.75, 3.05) is 0 Å². The Morgan fingerprint density at radius 3 is 2.86 bits per heavy atom. The fourth-order valence-corrected chi connectivity index (χ4v) is 1.55. The molecule has 0 bridgehead atoms. The van der Waals surface area contributed by atoms with Gasteiger partial charge in [0.05, 0.1) is 6.26 Å². The van der Waals surface area contributed by atoms with Crippen molar-refractivity contribution in [3.8, 4) is 0 Å². The molecule has 1 aromatic heterocycles. The SMILES string of the molecule is CCCCc1ccc2occc2c1.N. The average Bonchev–Trinajstić information content (AvgIpc) is 2.61. The summed E-state index contributed by atoms with van der Waals surface area (Å²) in [4.78, 5) is 0. The van der Waals surface area contributed by atoms with Crippen LogP contribution in [-0.4, -0.2) is 0 Å². The fourth-order valence-electron chi connectivity index (χ4n) is 1.55. The van der Waals surface area contributed by atoms with Gasteiger partial charge < -0.3 is 10.6 Å². The van der Waals surface area contributed by atoms with Gasteiger partial charge in [-0.2, -0.15) is 0 Å². The number of rotatable bonds is 3. The molecule has 2 nitrogen and oxygen atoms in total. The van der Waals surface area contributed by atoms with E-state index in [1.165, 1.54) is 30.2 Å². The van der Waals surface area contributed by atoms with Crippen molar-refractivity contribution in [1.29, 1.82) is 0 Å². The highest BCUT2D eigenvalue weighted by molar-refractivity contribution is 5.77. The van der Waals surface area contributed by atoms with E-state index in [1.54, 1.807) is 6.26 Å². The van der Waals surface area contributed by atoms with Gasteiger partial charge >= 0.3 is 0 Å². The second kappa shape index (κ2) is 4.82. The predicted molar refractivity (Wildman–Crippen MR) is 59.8 cm³/mol. The molecule has 76 valence electrons. The maximum absolute atomic E-state index is 5.28. The van der Waals surface area contributed by atoms with Gasteiger partial charge in [-0.25, -0.2) is 0 Å². The average molecular weight is 191 g/mol. The van der Waals surface area contributed by atoms with Crippen LogP contribution in [0.5, 0.6) is 0 Å². The summed E-state index contributed by atoms with van der Waals surface area (Å²) in [5.74, 6) is 0. The zero-order valence-electron chi connectivity index (χ0n) is 8.62. The zero-order chi connectivity index (χ0) is 9.10. The van der Waals surface area contributed by atoms with E-state index in [0.717, 1.165) is 5.58 Å². The fraction of sp³-hybridized carbons (Fsp3) is 0.333. The molecule has 0 saturated heterocycles. The lowest BCUT2D eigenvalue weighted by molar-refractivity contribution is 0.615. The maximum atomic E-state index is 5.28. The van der Waals surface area contributed by atoms with Gasteiger partial charge in [0, 0.05) is 5.39 Å². The quantitative estimate of drug-likeness (QED) is 0.798. The Bertz CT molecular complexity index is 392. The molecule has 0 amide bonds. The summed E-state index contributed by atoms with van der Waals surface area (Å²) in [6.45, 7) is 2.22. The largest absolute Gasteiger partial charge is 0.464 e. The van der Waals surface area contributed by atoms with E-state index in [1.807, 2.05) is 6.07 Å². The topological polar surface area (TPSA) is 48.1 Å². The molecule has 2 aromatic rings. The van der Waals surface area contributed by atoms with Gasteiger partial charge in [-0.05, 0) is 36.6 Å². The molecule has 3 N–H and O–H groups in total. The Kier molecular flexibility index (Phi) is 3.72. The highest BCUT2D eigenvalue weighted by Crippen LogP contribution is 2.17. The number of furan rings is 1. The monoisotopic (exact) mass is 191 g/mol. The van der Waals surface area contributed by atoms with Crippen molar-refractivity contribution in [2.45, 2.75) is 26.2 Å². The van der Waals surface area contributed by atoms with Crippen molar-refractivity contribution in [3.63, 3.8) is 0 Å². The van der Waals surface area contributed by atoms with Crippen molar-refractivity contribution >= 4 is 11.0 Å². The molecular formula is C12H17NO. The van der Waals surface area contributed by atoms with E-state index >= 15 is 0 Å². The molecule has 14 heavy (non-hydrogen) atoms. The normalized spacial score (nSPS) is 10.1. The van der Waals surface area contributed by atoms with Gasteiger partial charge in [0.25, 0.3) is 0 Å². The number of unbranched alkanes of at least 4 members (excludes halogenated alkanes) is 1. The van der Waals surface area contributed by atoms with Crippen LogP contribution >= 0.6 is 0 Å². The summed E-state index contributed by atoms with van der Waals surface area (Å²) in [5, 5.41) is 1.22. The van der Waals surface area contributed by atoms with Crippen molar-refractivity contribution < 1.29 is 4.42 Å². The molecule has 0 atom stereocenters. The van der Waals surface area contributed by atoms with E-state index in [-0.39, 0.29) is 6.15 Å².